The van der Waals surface area contributed by atoms with E-state index in [4.69, 9.17) is 14.2 Å². The SMILES string of the molecule is CC\C=C/C=C\C=C/C=C\C=C/CCCC(=O)OC(COC(=O)CCCCC\C=C/C=C/C=C\C=C/C=C\C=C/CC)COC(=O)CCCCCCCCCCCC. The summed E-state index contributed by atoms with van der Waals surface area (Å²) < 4.78 is 16.6. The first-order chi connectivity index (χ1) is 28.5. The number of carbonyl (C=O) groups excluding carboxylic acids is 3. The van der Waals surface area contributed by atoms with Crippen LogP contribution in [0.15, 0.2) is 134 Å². The van der Waals surface area contributed by atoms with E-state index in [0.717, 1.165) is 57.8 Å². The Hall–Kier alpha value is -4.45. The molecule has 0 fully saturated rings. The van der Waals surface area contributed by atoms with Gasteiger partial charge in [-0.2, -0.15) is 0 Å². The molecule has 1 atom stereocenters. The second-order valence-corrected chi connectivity index (χ2v) is 14.1. The maximum atomic E-state index is 12.7. The summed E-state index contributed by atoms with van der Waals surface area (Å²) in [7, 11) is 0. The zero-order valence-corrected chi connectivity index (χ0v) is 36.5. The number of ether oxygens (including phenoxy) is 3. The number of carbonyl (C=O) groups is 3. The lowest BCUT2D eigenvalue weighted by Crippen LogP contribution is -2.30. The van der Waals surface area contributed by atoms with E-state index in [1.165, 1.54) is 44.9 Å². The van der Waals surface area contributed by atoms with E-state index in [-0.39, 0.29) is 38.0 Å². The fraction of sp³-hybridized carbons (Fsp3) is 0.519. The highest BCUT2D eigenvalue weighted by Crippen LogP contribution is 2.12. The van der Waals surface area contributed by atoms with Gasteiger partial charge < -0.3 is 14.2 Å². The molecule has 0 saturated heterocycles. The third-order valence-corrected chi connectivity index (χ3v) is 8.69. The molecule has 0 aromatic heterocycles. The first-order valence-corrected chi connectivity index (χ1v) is 22.3. The minimum Gasteiger partial charge on any atom is -0.462 e. The van der Waals surface area contributed by atoms with Crippen molar-refractivity contribution in [3.05, 3.63) is 134 Å². The van der Waals surface area contributed by atoms with Crippen molar-refractivity contribution in [1.82, 2.24) is 0 Å². The van der Waals surface area contributed by atoms with Crippen molar-refractivity contribution in [2.45, 2.75) is 162 Å². The lowest BCUT2D eigenvalue weighted by atomic mass is 10.1. The lowest BCUT2D eigenvalue weighted by molar-refractivity contribution is -0.167. The predicted molar refractivity (Wildman–Crippen MR) is 246 cm³/mol. The number of hydrogen-bond donors (Lipinski definition) is 0. The van der Waals surface area contributed by atoms with Crippen LogP contribution in [0, 0.1) is 0 Å². The van der Waals surface area contributed by atoms with Crippen molar-refractivity contribution < 1.29 is 28.6 Å². The Bertz CT molecular complexity index is 1330. The number of allylic oxidation sites excluding steroid dienone is 22. The van der Waals surface area contributed by atoms with Gasteiger partial charge in [-0.1, -0.05) is 219 Å². The molecule has 0 spiro atoms. The van der Waals surface area contributed by atoms with Crippen LogP contribution in [0.25, 0.3) is 0 Å². The van der Waals surface area contributed by atoms with Crippen molar-refractivity contribution >= 4 is 17.9 Å². The van der Waals surface area contributed by atoms with Crippen LogP contribution in [0.4, 0.5) is 0 Å². The van der Waals surface area contributed by atoms with E-state index in [2.05, 4.69) is 39.0 Å². The van der Waals surface area contributed by atoms with Crippen LogP contribution in [-0.2, 0) is 28.6 Å². The van der Waals surface area contributed by atoms with Crippen LogP contribution in [0.2, 0.25) is 0 Å². The van der Waals surface area contributed by atoms with Gasteiger partial charge in [-0.15, -0.1) is 0 Å². The Morgan fingerprint density at radius 1 is 0.362 bits per heavy atom. The van der Waals surface area contributed by atoms with E-state index < -0.39 is 12.1 Å². The van der Waals surface area contributed by atoms with Gasteiger partial charge >= 0.3 is 17.9 Å². The van der Waals surface area contributed by atoms with Crippen molar-refractivity contribution in [2.24, 2.45) is 0 Å². The Kier molecular flexibility index (Phi) is 41.8. The normalized spacial score (nSPS) is 13.4. The lowest BCUT2D eigenvalue weighted by Gasteiger charge is -2.18. The number of esters is 3. The van der Waals surface area contributed by atoms with Crippen LogP contribution in [0.5, 0.6) is 0 Å². The molecule has 0 aliphatic carbocycles. The van der Waals surface area contributed by atoms with Crippen LogP contribution in [0.1, 0.15) is 156 Å². The molecule has 0 aliphatic rings. The molecular formula is C52H78O6. The van der Waals surface area contributed by atoms with E-state index in [1.807, 2.05) is 115 Å². The summed E-state index contributed by atoms with van der Waals surface area (Å²) in [6.07, 6.45) is 62.9. The molecule has 6 heteroatoms. The fourth-order valence-corrected chi connectivity index (χ4v) is 5.38. The maximum absolute atomic E-state index is 12.7. The highest BCUT2D eigenvalue weighted by Gasteiger charge is 2.19. The first-order valence-electron chi connectivity index (χ1n) is 22.3. The summed E-state index contributed by atoms with van der Waals surface area (Å²) >= 11 is 0. The molecule has 0 aromatic rings. The first kappa shape index (κ1) is 53.5. The minimum absolute atomic E-state index is 0.126. The Balaban J connectivity index is 4.61. The average Bonchev–Trinajstić information content (AvgIpc) is 3.22. The van der Waals surface area contributed by atoms with Gasteiger partial charge in [-0.05, 0) is 51.4 Å². The van der Waals surface area contributed by atoms with Crippen molar-refractivity contribution in [1.29, 1.82) is 0 Å². The molecule has 0 saturated carbocycles. The zero-order chi connectivity index (χ0) is 42.3. The summed E-state index contributed by atoms with van der Waals surface area (Å²) in [5.74, 6) is -1.06. The maximum Gasteiger partial charge on any atom is 0.306 e. The van der Waals surface area contributed by atoms with Gasteiger partial charge in [0.1, 0.15) is 13.2 Å². The summed E-state index contributed by atoms with van der Waals surface area (Å²) in [5.41, 5.74) is 0. The van der Waals surface area contributed by atoms with Gasteiger partial charge in [0.2, 0.25) is 0 Å². The molecule has 0 bridgehead atoms. The highest BCUT2D eigenvalue weighted by atomic mass is 16.6. The van der Waals surface area contributed by atoms with Crippen LogP contribution in [0.3, 0.4) is 0 Å². The van der Waals surface area contributed by atoms with Gasteiger partial charge in [-0.25, -0.2) is 0 Å². The monoisotopic (exact) mass is 799 g/mol. The number of unbranched alkanes of at least 4 members (excludes halogenated alkanes) is 13. The second-order valence-electron chi connectivity index (χ2n) is 14.1. The van der Waals surface area contributed by atoms with Gasteiger partial charge in [0.25, 0.3) is 0 Å². The number of hydrogen-bond acceptors (Lipinski definition) is 6. The highest BCUT2D eigenvalue weighted by molar-refractivity contribution is 5.71. The molecule has 6 nitrogen and oxygen atoms in total. The molecule has 0 heterocycles. The van der Waals surface area contributed by atoms with Crippen LogP contribution >= 0.6 is 0 Å². The summed E-state index contributed by atoms with van der Waals surface area (Å²) in [6.45, 7) is 6.19. The van der Waals surface area contributed by atoms with Gasteiger partial charge in [0, 0.05) is 19.3 Å². The standard InChI is InChI=1S/C52H78O6/c1-4-7-10-13-16-19-22-24-25-26-27-29-30-33-36-39-42-45-51(54)57-48-49(47-56-50(53)44-41-38-35-32-21-18-15-12-9-6-3)58-52(55)46-43-40-37-34-31-28-23-20-17-14-11-8-5-2/h7-8,10-11,13-14,16-17,19-20,22-31,34,37,49H,4-6,9,12,15,18,21,32-33,35-36,38-48H2,1-3H3/b10-7-,11-8-,16-13-,17-14-,22-19-,23-20-,25-24-,27-26+,30-29-,31-28-,37-34-. The number of rotatable bonds is 37. The minimum atomic E-state index is -0.834. The average molecular weight is 799 g/mol. The smallest absolute Gasteiger partial charge is 0.306 e. The van der Waals surface area contributed by atoms with Crippen molar-refractivity contribution in [3.63, 3.8) is 0 Å². The second kappa shape index (κ2) is 45.3. The van der Waals surface area contributed by atoms with Crippen LogP contribution in [-0.4, -0.2) is 37.2 Å². The van der Waals surface area contributed by atoms with Gasteiger partial charge in [-0.3, -0.25) is 14.4 Å². The van der Waals surface area contributed by atoms with Gasteiger partial charge in [0.15, 0.2) is 6.10 Å². The van der Waals surface area contributed by atoms with E-state index in [1.54, 1.807) is 0 Å². The quantitative estimate of drug-likeness (QED) is 0.0270. The Morgan fingerprint density at radius 3 is 1.10 bits per heavy atom. The predicted octanol–water partition coefficient (Wildman–Crippen LogP) is 14.4. The molecule has 0 radical (unpaired) electrons. The Morgan fingerprint density at radius 2 is 0.690 bits per heavy atom. The molecule has 0 rings (SSSR count). The third kappa shape index (κ3) is 42.7. The molecule has 58 heavy (non-hydrogen) atoms. The van der Waals surface area contributed by atoms with Gasteiger partial charge in [0.05, 0.1) is 0 Å². The van der Waals surface area contributed by atoms with E-state index >= 15 is 0 Å². The molecule has 1 unspecified atom stereocenters. The molecule has 0 amide bonds. The summed E-state index contributed by atoms with van der Waals surface area (Å²) in [5, 5.41) is 0. The summed E-state index contributed by atoms with van der Waals surface area (Å²) in [6, 6.07) is 0. The van der Waals surface area contributed by atoms with E-state index in [0.29, 0.717) is 19.3 Å². The molecule has 322 valence electrons. The summed E-state index contributed by atoms with van der Waals surface area (Å²) in [4.78, 5) is 37.7. The van der Waals surface area contributed by atoms with Crippen LogP contribution < -0.4 is 0 Å². The fourth-order valence-electron chi connectivity index (χ4n) is 5.38. The molecule has 0 aromatic carbocycles. The van der Waals surface area contributed by atoms with E-state index in [9.17, 15) is 14.4 Å². The third-order valence-electron chi connectivity index (χ3n) is 8.69. The molecule has 0 N–H and O–H groups in total. The zero-order valence-electron chi connectivity index (χ0n) is 36.5. The van der Waals surface area contributed by atoms with Crippen molar-refractivity contribution in [2.75, 3.05) is 13.2 Å². The topological polar surface area (TPSA) is 78.9 Å². The largest absolute Gasteiger partial charge is 0.462 e. The molecule has 0 aliphatic heterocycles. The van der Waals surface area contributed by atoms with Crippen molar-refractivity contribution in [3.8, 4) is 0 Å². The Labute approximate surface area is 354 Å². The molecular weight excluding hydrogens is 721 g/mol.